The first-order valence-electron chi connectivity index (χ1n) is 8.84. The lowest BCUT2D eigenvalue weighted by Gasteiger charge is -2.37. The molecule has 1 heterocycles. The second-order valence-electron chi connectivity index (χ2n) is 7.97. The number of amides is 1. The van der Waals surface area contributed by atoms with Crippen LogP contribution in [-0.4, -0.2) is 20.7 Å². The maximum Gasteiger partial charge on any atom is 0.234 e. The first-order chi connectivity index (χ1) is 11.9. The summed E-state index contributed by atoms with van der Waals surface area (Å²) < 4.78 is 1.77. The van der Waals surface area contributed by atoms with Crippen LogP contribution in [0, 0.1) is 16.7 Å². The molecule has 1 amide bonds. The van der Waals surface area contributed by atoms with Gasteiger partial charge in [0.25, 0.3) is 0 Å². The topological polar surface area (TPSA) is 59.8 Å². The Morgan fingerprint density at radius 3 is 2.72 bits per heavy atom. The van der Waals surface area contributed by atoms with E-state index < -0.39 is 0 Å². The van der Waals surface area contributed by atoms with Gasteiger partial charge < -0.3 is 5.32 Å². The first kappa shape index (κ1) is 16.1. The minimum absolute atomic E-state index is 0.0667. The lowest BCUT2D eigenvalue weighted by atomic mass is 9.68. The molecular weight excluding hydrogens is 312 g/mol. The molecule has 2 aliphatic rings. The molecule has 2 bridgehead atoms. The van der Waals surface area contributed by atoms with Gasteiger partial charge in [0.05, 0.1) is 12.0 Å². The molecule has 5 heteroatoms. The van der Waals surface area contributed by atoms with Gasteiger partial charge in [-0.2, -0.15) is 5.10 Å². The van der Waals surface area contributed by atoms with Crippen molar-refractivity contribution in [1.29, 1.82) is 0 Å². The van der Waals surface area contributed by atoms with E-state index in [1.54, 1.807) is 11.0 Å². The van der Waals surface area contributed by atoms with Crippen LogP contribution in [0.5, 0.6) is 0 Å². The van der Waals surface area contributed by atoms with E-state index in [1.165, 1.54) is 6.33 Å². The Kier molecular flexibility index (Phi) is 3.56. The second-order valence-corrected chi connectivity index (χ2v) is 7.97. The van der Waals surface area contributed by atoms with Crippen molar-refractivity contribution < 1.29 is 4.79 Å². The maximum absolute atomic E-state index is 13.0. The van der Waals surface area contributed by atoms with Crippen LogP contribution in [0.15, 0.2) is 49.1 Å². The van der Waals surface area contributed by atoms with Crippen molar-refractivity contribution in [3.63, 3.8) is 0 Å². The SMILES string of the molecule is C=C1C(C)(C)[C@@H]2CC[C@@]1(C(=O)Nc1ccc(Cn3cncn3)cc1)C2. The Balaban J connectivity index is 1.47. The van der Waals surface area contributed by atoms with Crippen molar-refractivity contribution in [2.75, 3.05) is 5.32 Å². The van der Waals surface area contributed by atoms with E-state index in [9.17, 15) is 4.79 Å². The normalized spacial score (nSPS) is 26.8. The van der Waals surface area contributed by atoms with Crippen molar-refractivity contribution in [3.8, 4) is 0 Å². The van der Waals surface area contributed by atoms with Crippen LogP contribution in [-0.2, 0) is 11.3 Å². The van der Waals surface area contributed by atoms with Gasteiger partial charge in [-0.15, -0.1) is 0 Å². The van der Waals surface area contributed by atoms with E-state index in [1.807, 2.05) is 24.3 Å². The molecule has 130 valence electrons. The quantitative estimate of drug-likeness (QED) is 0.867. The number of hydrogen-bond acceptors (Lipinski definition) is 3. The molecule has 2 atom stereocenters. The van der Waals surface area contributed by atoms with Crippen molar-refractivity contribution in [1.82, 2.24) is 14.8 Å². The van der Waals surface area contributed by atoms with Crippen LogP contribution in [0.4, 0.5) is 5.69 Å². The predicted octanol–water partition coefficient (Wildman–Crippen LogP) is 3.65. The molecule has 2 saturated carbocycles. The zero-order valence-corrected chi connectivity index (χ0v) is 14.8. The van der Waals surface area contributed by atoms with Gasteiger partial charge in [0.1, 0.15) is 12.7 Å². The molecule has 2 aromatic rings. The number of anilines is 1. The summed E-state index contributed by atoms with van der Waals surface area (Å²) >= 11 is 0. The number of carbonyl (C=O) groups excluding carboxylic acids is 1. The van der Waals surface area contributed by atoms with E-state index in [4.69, 9.17) is 0 Å². The predicted molar refractivity (Wildman–Crippen MR) is 96.9 cm³/mol. The second kappa shape index (κ2) is 5.55. The minimum Gasteiger partial charge on any atom is -0.325 e. The van der Waals surface area contributed by atoms with Crippen LogP contribution in [0.3, 0.4) is 0 Å². The summed E-state index contributed by atoms with van der Waals surface area (Å²) in [5.41, 5.74) is 2.75. The minimum atomic E-state index is -0.381. The van der Waals surface area contributed by atoms with E-state index in [0.717, 1.165) is 36.1 Å². The number of benzene rings is 1. The molecule has 0 spiro atoms. The summed E-state index contributed by atoms with van der Waals surface area (Å²) in [5, 5.41) is 7.23. The third kappa shape index (κ3) is 2.49. The van der Waals surface area contributed by atoms with Gasteiger partial charge in [0.2, 0.25) is 5.91 Å². The zero-order valence-electron chi connectivity index (χ0n) is 14.8. The fourth-order valence-corrected chi connectivity index (χ4v) is 4.59. The number of nitrogens with one attached hydrogen (secondary N) is 1. The highest BCUT2D eigenvalue weighted by Crippen LogP contribution is 2.65. The number of fused-ring (bicyclic) bond motifs is 2. The van der Waals surface area contributed by atoms with Gasteiger partial charge in [-0.3, -0.25) is 4.79 Å². The summed E-state index contributed by atoms with van der Waals surface area (Å²) in [6.07, 6.45) is 6.21. The van der Waals surface area contributed by atoms with Gasteiger partial charge in [0, 0.05) is 5.69 Å². The Bertz CT molecular complexity index is 807. The highest BCUT2D eigenvalue weighted by Gasteiger charge is 2.60. The van der Waals surface area contributed by atoms with Gasteiger partial charge in [-0.1, -0.05) is 38.1 Å². The highest BCUT2D eigenvalue weighted by molar-refractivity contribution is 5.98. The van der Waals surface area contributed by atoms with Gasteiger partial charge in [-0.05, 0) is 48.3 Å². The smallest absolute Gasteiger partial charge is 0.234 e. The Labute approximate surface area is 148 Å². The molecule has 0 unspecified atom stereocenters. The summed E-state index contributed by atoms with van der Waals surface area (Å²) in [6, 6.07) is 7.94. The largest absolute Gasteiger partial charge is 0.325 e. The standard InChI is InChI=1S/C20H24N4O/c1-14-19(2,3)16-8-9-20(14,10-16)18(25)23-17-6-4-15(5-7-17)11-24-13-21-12-22-24/h4-7,12-13,16H,1,8-11H2,2-3H3,(H,23,25)/t16-,20-/m1/s1. The number of carbonyl (C=O) groups is 1. The lowest BCUT2D eigenvalue weighted by molar-refractivity contribution is -0.123. The molecule has 0 aliphatic heterocycles. The first-order valence-corrected chi connectivity index (χ1v) is 8.84. The molecule has 2 fully saturated rings. The Morgan fingerprint density at radius 1 is 1.36 bits per heavy atom. The van der Waals surface area contributed by atoms with E-state index in [-0.39, 0.29) is 16.7 Å². The summed E-state index contributed by atoms with van der Waals surface area (Å²) in [5.74, 6) is 0.686. The molecule has 0 saturated heterocycles. The number of nitrogens with zero attached hydrogens (tertiary/aromatic N) is 3. The summed E-state index contributed by atoms with van der Waals surface area (Å²) in [6.45, 7) is 9.43. The Morgan fingerprint density at radius 2 is 2.12 bits per heavy atom. The molecule has 0 radical (unpaired) electrons. The fraction of sp³-hybridized carbons (Fsp3) is 0.450. The number of rotatable bonds is 4. The Hall–Kier alpha value is -2.43. The third-order valence-corrected chi connectivity index (χ3v) is 6.35. The van der Waals surface area contributed by atoms with Gasteiger partial charge in [-0.25, -0.2) is 9.67 Å². The molecule has 1 N–H and O–H groups in total. The maximum atomic E-state index is 13.0. The number of hydrogen-bond donors (Lipinski definition) is 1. The molecule has 1 aromatic heterocycles. The summed E-state index contributed by atoms with van der Waals surface area (Å²) in [7, 11) is 0. The monoisotopic (exact) mass is 336 g/mol. The average molecular weight is 336 g/mol. The van der Waals surface area contributed by atoms with Crippen molar-refractivity contribution in [2.45, 2.75) is 39.7 Å². The van der Waals surface area contributed by atoms with Crippen molar-refractivity contribution >= 4 is 11.6 Å². The van der Waals surface area contributed by atoms with E-state index in [2.05, 4.69) is 35.8 Å². The van der Waals surface area contributed by atoms with Crippen LogP contribution in [0.1, 0.15) is 38.7 Å². The molecule has 1 aromatic carbocycles. The molecule has 4 rings (SSSR count). The van der Waals surface area contributed by atoms with Crippen LogP contribution in [0.25, 0.3) is 0 Å². The molecule has 2 aliphatic carbocycles. The van der Waals surface area contributed by atoms with Crippen LogP contribution < -0.4 is 5.32 Å². The highest BCUT2D eigenvalue weighted by atomic mass is 16.2. The van der Waals surface area contributed by atoms with Crippen LogP contribution in [0.2, 0.25) is 0 Å². The van der Waals surface area contributed by atoms with E-state index in [0.29, 0.717) is 12.5 Å². The fourth-order valence-electron chi connectivity index (χ4n) is 4.59. The molecule has 5 nitrogen and oxygen atoms in total. The number of aromatic nitrogens is 3. The van der Waals surface area contributed by atoms with Crippen molar-refractivity contribution in [2.24, 2.45) is 16.7 Å². The van der Waals surface area contributed by atoms with Crippen LogP contribution >= 0.6 is 0 Å². The van der Waals surface area contributed by atoms with Gasteiger partial charge >= 0.3 is 0 Å². The third-order valence-electron chi connectivity index (χ3n) is 6.35. The lowest BCUT2D eigenvalue weighted by Crippen LogP contribution is -2.37. The molecule has 25 heavy (non-hydrogen) atoms. The average Bonchev–Trinajstić information content (AvgIpc) is 3.29. The zero-order chi connectivity index (χ0) is 17.7. The molecular formula is C20H24N4O. The van der Waals surface area contributed by atoms with E-state index >= 15 is 0 Å². The van der Waals surface area contributed by atoms with Gasteiger partial charge in [0.15, 0.2) is 0 Å². The van der Waals surface area contributed by atoms with Crippen molar-refractivity contribution in [3.05, 3.63) is 54.6 Å². The summed E-state index contributed by atoms with van der Waals surface area (Å²) in [4.78, 5) is 17.0.